The molecule has 1 fully saturated rings. The zero-order valence-corrected chi connectivity index (χ0v) is 6.36. The van der Waals surface area contributed by atoms with Crippen LogP contribution in [0.4, 0.5) is 0 Å². The van der Waals surface area contributed by atoms with E-state index in [1.54, 1.807) is 0 Å². The fraction of sp³-hybridized carbons (Fsp3) is 1.00. The molecule has 1 atom stereocenters. The van der Waals surface area contributed by atoms with E-state index in [9.17, 15) is 4.55 Å². The summed E-state index contributed by atoms with van der Waals surface area (Å²) in [5, 5.41) is 5.68. The molecule has 0 heterocycles. The monoisotopic (exact) mass is 151 g/mol. The predicted molar refractivity (Wildman–Crippen MR) is 39.1 cm³/mol. The molecule has 56 valence electrons. The molecule has 1 saturated carbocycles. The van der Waals surface area contributed by atoms with Gasteiger partial charge in [-0.3, -0.25) is 8.74 Å². The van der Waals surface area contributed by atoms with E-state index >= 15 is 0 Å². The zero-order chi connectivity index (χ0) is 6.91. The highest BCUT2D eigenvalue weighted by molar-refractivity contribution is 8.23. The third-order valence-electron chi connectivity index (χ3n) is 1.80. The van der Waals surface area contributed by atoms with Gasteiger partial charge in [-0.1, -0.05) is 0 Å². The van der Waals surface area contributed by atoms with Gasteiger partial charge in [-0.15, -0.1) is 10.8 Å². The van der Waals surface area contributed by atoms with E-state index in [2.05, 4.69) is 0 Å². The van der Waals surface area contributed by atoms with Crippen molar-refractivity contribution >= 4 is 10.8 Å². The molecule has 1 unspecified atom stereocenters. The first-order valence-electron chi connectivity index (χ1n) is 3.05. The Morgan fingerprint density at radius 2 is 2.22 bits per heavy atom. The van der Waals surface area contributed by atoms with Crippen LogP contribution in [0.1, 0.15) is 19.3 Å². The van der Waals surface area contributed by atoms with Crippen LogP contribution in [0.25, 0.3) is 0 Å². The second kappa shape index (κ2) is 2.46. The Kier molecular flexibility index (Phi) is 2.00. The van der Waals surface area contributed by atoms with E-state index in [1.165, 1.54) is 13.5 Å². The van der Waals surface area contributed by atoms with E-state index in [0.717, 1.165) is 12.8 Å². The van der Waals surface area contributed by atoms with Crippen LogP contribution >= 0.6 is 10.8 Å². The van der Waals surface area contributed by atoms with E-state index in [4.69, 9.17) is 9.32 Å². The highest BCUT2D eigenvalue weighted by Crippen LogP contribution is 2.49. The van der Waals surface area contributed by atoms with Crippen molar-refractivity contribution in [3.05, 3.63) is 0 Å². The molecule has 4 heteroatoms. The van der Waals surface area contributed by atoms with Gasteiger partial charge in [0.05, 0.1) is 12.4 Å². The van der Waals surface area contributed by atoms with Gasteiger partial charge in [0.25, 0.3) is 0 Å². The number of hydrogen-bond donors (Lipinski definition) is 2. The molecule has 3 N–H and O–H groups in total. The molecule has 0 spiro atoms. The lowest BCUT2D eigenvalue weighted by Gasteiger charge is -2.44. The van der Waals surface area contributed by atoms with Crippen LogP contribution in [0.5, 0.6) is 0 Å². The summed E-state index contributed by atoms with van der Waals surface area (Å²) in [6.07, 6.45) is 3.23. The van der Waals surface area contributed by atoms with Gasteiger partial charge in [0.15, 0.2) is 0 Å². The average Bonchev–Trinajstić information content (AvgIpc) is 1.60. The fourth-order valence-electron chi connectivity index (χ4n) is 0.845. The second-order valence-electron chi connectivity index (χ2n) is 2.33. The van der Waals surface area contributed by atoms with Crippen LogP contribution in [0.2, 0.25) is 0 Å². The Labute approximate surface area is 57.1 Å². The molecule has 0 amide bonds. The van der Waals surface area contributed by atoms with Crippen LogP contribution in [0.15, 0.2) is 0 Å². The zero-order valence-electron chi connectivity index (χ0n) is 5.54. The maximum Gasteiger partial charge on any atom is 0.0638 e. The molecule has 0 aromatic carbocycles. The third kappa shape index (κ3) is 1.38. The smallest absolute Gasteiger partial charge is 0.0638 e. The lowest BCUT2D eigenvalue weighted by atomic mass is 10.0. The quantitative estimate of drug-likeness (QED) is 0.624. The Morgan fingerprint density at radius 1 is 1.67 bits per heavy atom. The van der Waals surface area contributed by atoms with Crippen molar-refractivity contribution in [1.29, 1.82) is 0 Å². The van der Waals surface area contributed by atoms with E-state index in [0.29, 0.717) is 0 Å². The molecule has 1 rings (SSSR count). The minimum atomic E-state index is -2.16. The first-order chi connectivity index (χ1) is 4.17. The van der Waals surface area contributed by atoms with Gasteiger partial charge >= 0.3 is 0 Å². The van der Waals surface area contributed by atoms with Gasteiger partial charge in [-0.2, -0.15) is 0 Å². The fourth-order valence-corrected chi connectivity index (χ4v) is 2.13. The lowest BCUT2D eigenvalue weighted by Crippen LogP contribution is -2.31. The topological polar surface area (TPSA) is 55.5 Å². The van der Waals surface area contributed by atoms with Crippen molar-refractivity contribution in [3.63, 3.8) is 0 Å². The summed E-state index contributed by atoms with van der Waals surface area (Å²) in [6, 6.07) is 0. The van der Waals surface area contributed by atoms with Crippen LogP contribution in [-0.2, 0) is 4.18 Å². The number of nitrogens with two attached hydrogens (primary N) is 1. The molecule has 3 nitrogen and oxygen atoms in total. The van der Waals surface area contributed by atoms with Gasteiger partial charge < -0.3 is 0 Å². The van der Waals surface area contributed by atoms with Crippen molar-refractivity contribution in [2.24, 2.45) is 5.14 Å². The van der Waals surface area contributed by atoms with Crippen LogP contribution < -0.4 is 5.14 Å². The van der Waals surface area contributed by atoms with Gasteiger partial charge in [-0.25, -0.2) is 5.14 Å². The van der Waals surface area contributed by atoms with Gasteiger partial charge in [0.2, 0.25) is 0 Å². The normalized spacial score (nSPS) is 30.6. The van der Waals surface area contributed by atoms with Crippen molar-refractivity contribution in [3.8, 4) is 0 Å². The minimum Gasteiger partial charge on any atom is -0.285 e. The SMILES string of the molecule is COS(N)(O)C1CCC1. The average molecular weight is 151 g/mol. The molecule has 0 aromatic heterocycles. The van der Waals surface area contributed by atoms with E-state index in [-0.39, 0.29) is 5.25 Å². The highest BCUT2D eigenvalue weighted by Gasteiger charge is 2.29. The Balaban J connectivity index is 2.37. The largest absolute Gasteiger partial charge is 0.285 e. The van der Waals surface area contributed by atoms with Crippen molar-refractivity contribution in [1.82, 2.24) is 0 Å². The van der Waals surface area contributed by atoms with Crippen molar-refractivity contribution in [2.45, 2.75) is 24.5 Å². The predicted octanol–water partition coefficient (Wildman–Crippen LogP) is 1.25. The first kappa shape index (κ1) is 7.34. The van der Waals surface area contributed by atoms with Crippen molar-refractivity contribution in [2.75, 3.05) is 7.11 Å². The molecule has 0 aromatic rings. The molecule has 0 aliphatic heterocycles. The summed E-state index contributed by atoms with van der Waals surface area (Å²) < 4.78 is 14.0. The minimum absolute atomic E-state index is 0.238. The van der Waals surface area contributed by atoms with Gasteiger partial charge in [-0.05, 0) is 19.3 Å². The van der Waals surface area contributed by atoms with Crippen LogP contribution in [0.3, 0.4) is 0 Å². The molecule has 1 aliphatic rings. The summed E-state index contributed by atoms with van der Waals surface area (Å²) in [4.78, 5) is 0. The molecular weight excluding hydrogens is 138 g/mol. The van der Waals surface area contributed by atoms with E-state index in [1.807, 2.05) is 0 Å². The Bertz CT molecular complexity index is 103. The molecular formula is C5H13NO2S. The number of rotatable bonds is 2. The molecule has 0 saturated heterocycles. The number of hydrogen-bond acceptors (Lipinski definition) is 3. The van der Waals surface area contributed by atoms with Gasteiger partial charge in [0, 0.05) is 0 Å². The molecule has 1 aliphatic carbocycles. The second-order valence-corrected chi connectivity index (χ2v) is 4.56. The van der Waals surface area contributed by atoms with Gasteiger partial charge in [0.1, 0.15) is 0 Å². The van der Waals surface area contributed by atoms with Crippen LogP contribution in [0, 0.1) is 0 Å². The third-order valence-corrected chi connectivity index (χ3v) is 3.76. The standard InChI is InChI=1S/C5H13NO2S/c1-8-9(6,7)5-3-2-4-5/h5,7H,2-4,6H2,1H3. The Morgan fingerprint density at radius 3 is 2.33 bits per heavy atom. The summed E-state index contributed by atoms with van der Waals surface area (Å²) >= 11 is 0. The molecule has 9 heavy (non-hydrogen) atoms. The summed E-state index contributed by atoms with van der Waals surface area (Å²) in [6.45, 7) is 0. The molecule has 0 radical (unpaired) electrons. The summed E-state index contributed by atoms with van der Waals surface area (Å²) in [5.41, 5.74) is 0. The lowest BCUT2D eigenvalue weighted by molar-refractivity contribution is 0.357. The maximum absolute atomic E-state index is 9.28. The maximum atomic E-state index is 9.28. The molecule has 0 bridgehead atoms. The summed E-state index contributed by atoms with van der Waals surface area (Å²) in [7, 11) is -0.696. The summed E-state index contributed by atoms with van der Waals surface area (Å²) in [5.74, 6) is 0. The highest BCUT2D eigenvalue weighted by atomic mass is 32.3. The van der Waals surface area contributed by atoms with Crippen LogP contribution in [-0.4, -0.2) is 16.9 Å². The first-order valence-corrected chi connectivity index (χ1v) is 4.69. The van der Waals surface area contributed by atoms with Crippen molar-refractivity contribution < 1.29 is 8.74 Å². The Hall–Kier alpha value is 0.230. The van der Waals surface area contributed by atoms with E-state index < -0.39 is 10.8 Å².